The Morgan fingerprint density at radius 1 is 0.957 bits per heavy atom. The highest BCUT2D eigenvalue weighted by atomic mass is 32.2. The first kappa shape index (κ1) is 17.1. The van der Waals surface area contributed by atoms with E-state index >= 15 is 0 Å². The Kier molecular flexibility index (Phi) is 6.21. The summed E-state index contributed by atoms with van der Waals surface area (Å²) in [7, 11) is 3.56. The molecule has 0 unspecified atom stereocenters. The third-order valence-electron chi connectivity index (χ3n) is 3.11. The van der Waals surface area contributed by atoms with Crippen molar-refractivity contribution in [3.05, 3.63) is 36.4 Å². The first-order chi connectivity index (χ1) is 11.1. The van der Waals surface area contributed by atoms with Crippen LogP contribution in [0.5, 0.6) is 0 Å². The van der Waals surface area contributed by atoms with E-state index in [2.05, 4.69) is 20.6 Å². The lowest BCUT2D eigenvalue weighted by molar-refractivity contribution is 0.0935. The van der Waals surface area contributed by atoms with Crippen LogP contribution >= 0.6 is 11.8 Å². The molecular weight excluding hydrogens is 316 g/mol. The fourth-order valence-corrected chi connectivity index (χ4v) is 2.60. The van der Waals surface area contributed by atoms with Crippen LogP contribution in [-0.2, 0) is 14.1 Å². The maximum absolute atomic E-state index is 11.8. The van der Waals surface area contributed by atoms with E-state index < -0.39 is 0 Å². The summed E-state index contributed by atoms with van der Waals surface area (Å²) in [5.41, 5.74) is 0. The SMILES string of the molecule is Cn1ccnc1C(=O)NCCSCCNC(=O)c1nccn1C. The van der Waals surface area contributed by atoms with Crippen LogP contribution in [0.3, 0.4) is 0 Å². The number of aromatic nitrogens is 4. The second-order valence-electron chi connectivity index (χ2n) is 4.85. The Bertz CT molecular complexity index is 610. The van der Waals surface area contributed by atoms with Crippen LogP contribution in [0, 0.1) is 0 Å². The van der Waals surface area contributed by atoms with Crippen molar-refractivity contribution in [1.82, 2.24) is 29.7 Å². The summed E-state index contributed by atoms with van der Waals surface area (Å²) in [4.78, 5) is 31.6. The number of aryl methyl sites for hydroxylation is 2. The van der Waals surface area contributed by atoms with Gasteiger partial charge in [0.15, 0.2) is 11.6 Å². The molecule has 2 N–H and O–H groups in total. The van der Waals surface area contributed by atoms with E-state index in [4.69, 9.17) is 0 Å². The minimum atomic E-state index is -0.179. The van der Waals surface area contributed by atoms with E-state index in [1.54, 1.807) is 59.8 Å². The smallest absolute Gasteiger partial charge is 0.287 e. The van der Waals surface area contributed by atoms with Gasteiger partial charge in [0.25, 0.3) is 11.8 Å². The molecule has 0 saturated heterocycles. The molecule has 0 fully saturated rings. The topological polar surface area (TPSA) is 93.8 Å². The van der Waals surface area contributed by atoms with Crippen LogP contribution < -0.4 is 10.6 Å². The summed E-state index contributed by atoms with van der Waals surface area (Å²) in [5, 5.41) is 5.62. The van der Waals surface area contributed by atoms with Crippen molar-refractivity contribution in [3.63, 3.8) is 0 Å². The maximum Gasteiger partial charge on any atom is 0.287 e. The number of imidazole rings is 2. The highest BCUT2D eigenvalue weighted by molar-refractivity contribution is 7.99. The van der Waals surface area contributed by atoms with Gasteiger partial charge in [-0.15, -0.1) is 0 Å². The Morgan fingerprint density at radius 3 is 1.74 bits per heavy atom. The predicted octanol–water partition coefficient (Wildman–Crippen LogP) is 0.0466. The minimum absolute atomic E-state index is 0.179. The standard InChI is InChI=1S/C14H20N6O2S/c1-19-7-3-15-11(19)13(21)17-5-9-23-10-6-18-14(22)12-16-4-8-20(12)2/h3-4,7-8H,5-6,9-10H2,1-2H3,(H,17,21)(H,18,22). The second kappa shape index (κ2) is 8.37. The summed E-state index contributed by atoms with van der Waals surface area (Å²) >= 11 is 1.66. The van der Waals surface area contributed by atoms with Gasteiger partial charge in [0, 0.05) is 63.5 Å². The molecule has 2 rings (SSSR count). The normalized spacial score (nSPS) is 10.5. The zero-order chi connectivity index (χ0) is 16.7. The van der Waals surface area contributed by atoms with Crippen molar-refractivity contribution in [1.29, 1.82) is 0 Å². The van der Waals surface area contributed by atoms with Gasteiger partial charge < -0.3 is 19.8 Å². The van der Waals surface area contributed by atoms with Crippen molar-refractivity contribution in [2.24, 2.45) is 14.1 Å². The summed E-state index contributed by atoms with van der Waals surface area (Å²) < 4.78 is 3.35. The molecule has 2 aromatic heterocycles. The Hall–Kier alpha value is -2.29. The Labute approximate surface area is 138 Å². The van der Waals surface area contributed by atoms with Crippen LogP contribution in [0.1, 0.15) is 21.2 Å². The molecular formula is C14H20N6O2S. The molecule has 0 atom stereocenters. The number of carbonyl (C=O) groups is 2. The highest BCUT2D eigenvalue weighted by Gasteiger charge is 2.10. The molecule has 0 radical (unpaired) electrons. The molecule has 0 saturated carbocycles. The van der Waals surface area contributed by atoms with Crippen LogP contribution in [0.4, 0.5) is 0 Å². The third kappa shape index (κ3) is 4.85. The number of nitrogens with zero attached hydrogens (tertiary/aromatic N) is 4. The molecule has 0 aliphatic rings. The summed E-state index contributed by atoms with van der Waals surface area (Å²) in [6.45, 7) is 1.12. The largest absolute Gasteiger partial charge is 0.349 e. The Balaban J connectivity index is 1.55. The van der Waals surface area contributed by atoms with Gasteiger partial charge >= 0.3 is 0 Å². The number of thioether (sulfide) groups is 1. The van der Waals surface area contributed by atoms with E-state index in [0.717, 1.165) is 11.5 Å². The number of carbonyl (C=O) groups excluding carboxylic acids is 2. The molecule has 0 aromatic carbocycles. The van der Waals surface area contributed by atoms with Crippen molar-refractivity contribution in [3.8, 4) is 0 Å². The van der Waals surface area contributed by atoms with E-state index in [1.165, 1.54) is 0 Å². The molecule has 0 bridgehead atoms. The van der Waals surface area contributed by atoms with Gasteiger partial charge in [0.2, 0.25) is 0 Å². The molecule has 2 heterocycles. The monoisotopic (exact) mass is 336 g/mol. The molecule has 8 nitrogen and oxygen atoms in total. The molecule has 2 aromatic rings. The fourth-order valence-electron chi connectivity index (χ4n) is 1.90. The predicted molar refractivity (Wildman–Crippen MR) is 88.4 cm³/mol. The molecule has 9 heteroatoms. The van der Waals surface area contributed by atoms with Crippen molar-refractivity contribution in [2.75, 3.05) is 24.6 Å². The number of hydrogen-bond donors (Lipinski definition) is 2. The molecule has 124 valence electrons. The quantitative estimate of drug-likeness (QED) is 0.664. The minimum Gasteiger partial charge on any atom is -0.349 e. The van der Waals surface area contributed by atoms with Gasteiger partial charge in [0.1, 0.15) is 0 Å². The van der Waals surface area contributed by atoms with Gasteiger partial charge in [0.05, 0.1) is 0 Å². The first-order valence-electron chi connectivity index (χ1n) is 7.18. The summed E-state index contributed by atoms with van der Waals surface area (Å²) in [5.74, 6) is 1.99. The zero-order valence-corrected chi connectivity index (χ0v) is 14.0. The lowest BCUT2D eigenvalue weighted by atomic mass is 10.5. The van der Waals surface area contributed by atoms with E-state index in [0.29, 0.717) is 24.7 Å². The van der Waals surface area contributed by atoms with E-state index in [1.807, 2.05) is 0 Å². The molecule has 2 amide bonds. The van der Waals surface area contributed by atoms with E-state index in [9.17, 15) is 9.59 Å². The molecule has 0 aliphatic heterocycles. The van der Waals surface area contributed by atoms with Crippen LogP contribution in [-0.4, -0.2) is 55.5 Å². The lowest BCUT2D eigenvalue weighted by Gasteiger charge is -2.06. The molecule has 23 heavy (non-hydrogen) atoms. The fraction of sp³-hybridized carbons (Fsp3) is 0.429. The summed E-state index contributed by atoms with van der Waals surface area (Å²) in [6.07, 6.45) is 6.64. The van der Waals surface area contributed by atoms with Crippen LogP contribution in [0.2, 0.25) is 0 Å². The third-order valence-corrected chi connectivity index (χ3v) is 4.10. The van der Waals surface area contributed by atoms with Crippen molar-refractivity contribution in [2.45, 2.75) is 0 Å². The number of amides is 2. The lowest BCUT2D eigenvalue weighted by Crippen LogP contribution is -2.29. The van der Waals surface area contributed by atoms with Crippen molar-refractivity contribution >= 4 is 23.6 Å². The Morgan fingerprint density at radius 2 is 1.39 bits per heavy atom. The van der Waals surface area contributed by atoms with Gasteiger partial charge in [-0.25, -0.2) is 9.97 Å². The number of rotatable bonds is 8. The van der Waals surface area contributed by atoms with Crippen molar-refractivity contribution < 1.29 is 9.59 Å². The van der Waals surface area contributed by atoms with Gasteiger partial charge in [-0.2, -0.15) is 11.8 Å². The van der Waals surface area contributed by atoms with Gasteiger partial charge in [-0.3, -0.25) is 9.59 Å². The van der Waals surface area contributed by atoms with Crippen LogP contribution in [0.15, 0.2) is 24.8 Å². The van der Waals surface area contributed by atoms with Gasteiger partial charge in [-0.05, 0) is 0 Å². The maximum atomic E-state index is 11.8. The molecule has 0 aliphatic carbocycles. The zero-order valence-electron chi connectivity index (χ0n) is 13.2. The van der Waals surface area contributed by atoms with Gasteiger partial charge in [-0.1, -0.05) is 0 Å². The summed E-state index contributed by atoms with van der Waals surface area (Å²) in [6, 6.07) is 0. The highest BCUT2D eigenvalue weighted by Crippen LogP contribution is 1.99. The van der Waals surface area contributed by atoms with E-state index in [-0.39, 0.29) is 11.8 Å². The first-order valence-corrected chi connectivity index (χ1v) is 8.34. The average molecular weight is 336 g/mol. The number of nitrogens with one attached hydrogen (secondary N) is 2. The molecule has 0 spiro atoms. The number of hydrogen-bond acceptors (Lipinski definition) is 5. The average Bonchev–Trinajstić information content (AvgIpc) is 3.14. The van der Waals surface area contributed by atoms with Crippen LogP contribution in [0.25, 0.3) is 0 Å². The second-order valence-corrected chi connectivity index (χ2v) is 6.07.